The Hall–Kier alpha value is -2.92. The normalized spacial score (nSPS) is 12.8. The quantitative estimate of drug-likeness (QED) is 0.584. The summed E-state index contributed by atoms with van der Waals surface area (Å²) in [5, 5.41) is 5.22. The molecule has 2 amide bonds. The molecule has 0 aliphatic rings. The molecule has 0 heterocycles. The molecule has 0 saturated heterocycles. The number of benzene rings is 2. The minimum atomic E-state index is -4.67. The standard InChI is InChI=1S/C19H20F3N3O4S/c1-13(24-18(27)14-5-3-2-4-6-14)11-17(26)25-15-7-9-16(10-8-15)30(28,29)23-12-19(20,21)22/h2-10,13,23H,11-12H2,1H3,(H,24,27)(H,25,26). The van der Waals surface area contributed by atoms with Crippen LogP contribution in [-0.4, -0.2) is 39.0 Å². The molecule has 0 fully saturated rings. The lowest BCUT2D eigenvalue weighted by molar-refractivity contribution is -0.121. The third kappa shape index (κ3) is 7.48. The maximum absolute atomic E-state index is 12.2. The van der Waals surface area contributed by atoms with Crippen LogP contribution in [0, 0.1) is 0 Å². The molecule has 0 spiro atoms. The van der Waals surface area contributed by atoms with Crippen molar-refractivity contribution in [3.8, 4) is 0 Å². The molecule has 11 heteroatoms. The summed E-state index contributed by atoms with van der Waals surface area (Å²) in [7, 11) is -4.33. The van der Waals surface area contributed by atoms with Crippen LogP contribution >= 0.6 is 0 Å². The van der Waals surface area contributed by atoms with Crippen LogP contribution in [0.25, 0.3) is 0 Å². The number of rotatable bonds is 8. The van der Waals surface area contributed by atoms with Crippen molar-refractivity contribution in [3.05, 3.63) is 60.2 Å². The number of alkyl halides is 3. The molecule has 2 aromatic carbocycles. The maximum atomic E-state index is 12.2. The molecule has 7 nitrogen and oxygen atoms in total. The van der Waals surface area contributed by atoms with E-state index >= 15 is 0 Å². The average molecular weight is 443 g/mol. The van der Waals surface area contributed by atoms with Gasteiger partial charge in [-0.2, -0.15) is 13.2 Å². The number of carbonyl (C=O) groups is 2. The van der Waals surface area contributed by atoms with E-state index in [-0.39, 0.29) is 22.9 Å². The van der Waals surface area contributed by atoms with E-state index in [9.17, 15) is 31.2 Å². The lowest BCUT2D eigenvalue weighted by Gasteiger charge is -2.14. The van der Waals surface area contributed by atoms with Crippen molar-refractivity contribution in [2.75, 3.05) is 11.9 Å². The van der Waals surface area contributed by atoms with E-state index < -0.39 is 34.7 Å². The summed E-state index contributed by atoms with van der Waals surface area (Å²) >= 11 is 0. The van der Waals surface area contributed by atoms with E-state index in [1.807, 2.05) is 0 Å². The molecular formula is C19H20F3N3O4S. The Bertz CT molecular complexity index is 978. The van der Waals surface area contributed by atoms with Gasteiger partial charge in [0.2, 0.25) is 15.9 Å². The average Bonchev–Trinajstić information content (AvgIpc) is 2.67. The minimum absolute atomic E-state index is 0.0360. The first kappa shape index (κ1) is 23.4. The van der Waals surface area contributed by atoms with Crippen LogP contribution in [0.2, 0.25) is 0 Å². The lowest BCUT2D eigenvalue weighted by atomic mass is 10.1. The van der Waals surface area contributed by atoms with Gasteiger partial charge in [0.1, 0.15) is 6.54 Å². The van der Waals surface area contributed by atoms with Gasteiger partial charge in [0.15, 0.2) is 0 Å². The highest BCUT2D eigenvalue weighted by Crippen LogP contribution is 2.17. The van der Waals surface area contributed by atoms with E-state index in [1.54, 1.807) is 37.3 Å². The Morgan fingerprint density at radius 1 is 1.00 bits per heavy atom. The van der Waals surface area contributed by atoms with E-state index in [4.69, 9.17) is 0 Å². The van der Waals surface area contributed by atoms with Gasteiger partial charge in [-0.1, -0.05) is 18.2 Å². The van der Waals surface area contributed by atoms with Crippen molar-refractivity contribution in [2.45, 2.75) is 30.5 Å². The van der Waals surface area contributed by atoms with Gasteiger partial charge in [-0.05, 0) is 43.3 Å². The van der Waals surface area contributed by atoms with Crippen LogP contribution in [-0.2, 0) is 14.8 Å². The second kappa shape index (κ2) is 9.72. The van der Waals surface area contributed by atoms with Crippen molar-refractivity contribution in [1.29, 1.82) is 0 Å². The number of hydrogen-bond donors (Lipinski definition) is 3. The second-order valence-corrected chi connectivity index (χ2v) is 8.22. The number of carbonyl (C=O) groups excluding carboxylic acids is 2. The molecular weight excluding hydrogens is 423 g/mol. The zero-order valence-corrected chi connectivity index (χ0v) is 16.7. The van der Waals surface area contributed by atoms with Crippen molar-refractivity contribution in [3.63, 3.8) is 0 Å². The van der Waals surface area contributed by atoms with Gasteiger partial charge in [-0.25, -0.2) is 13.1 Å². The van der Waals surface area contributed by atoms with Crippen LogP contribution in [0.15, 0.2) is 59.5 Å². The highest BCUT2D eigenvalue weighted by Gasteiger charge is 2.30. The molecule has 2 rings (SSSR count). The molecule has 0 aliphatic heterocycles. The van der Waals surface area contributed by atoms with Crippen LogP contribution in [0.1, 0.15) is 23.7 Å². The van der Waals surface area contributed by atoms with Gasteiger partial charge in [-0.15, -0.1) is 0 Å². The largest absolute Gasteiger partial charge is 0.402 e. The monoisotopic (exact) mass is 443 g/mol. The summed E-state index contributed by atoms with van der Waals surface area (Å²) in [6.07, 6.45) is -4.71. The fraction of sp³-hybridized carbons (Fsp3) is 0.263. The van der Waals surface area contributed by atoms with Crippen LogP contribution < -0.4 is 15.4 Å². The van der Waals surface area contributed by atoms with Crippen molar-refractivity contribution in [2.24, 2.45) is 0 Å². The van der Waals surface area contributed by atoms with Crippen molar-refractivity contribution in [1.82, 2.24) is 10.0 Å². The highest BCUT2D eigenvalue weighted by atomic mass is 32.2. The Labute approximate surface area is 171 Å². The zero-order chi connectivity index (χ0) is 22.4. The summed E-state index contributed by atoms with van der Waals surface area (Å²) in [4.78, 5) is 23.8. The summed E-state index contributed by atoms with van der Waals surface area (Å²) in [5.74, 6) is -0.751. The van der Waals surface area contributed by atoms with Crippen LogP contribution in [0.3, 0.4) is 0 Å². The third-order valence-corrected chi connectivity index (χ3v) is 5.23. The molecule has 0 aliphatic carbocycles. The van der Waals surface area contributed by atoms with Gasteiger partial charge in [0.25, 0.3) is 5.91 Å². The molecule has 0 bridgehead atoms. The Morgan fingerprint density at radius 3 is 2.17 bits per heavy atom. The molecule has 1 atom stereocenters. The predicted molar refractivity (Wildman–Crippen MR) is 104 cm³/mol. The maximum Gasteiger partial charge on any atom is 0.402 e. The number of hydrogen-bond acceptors (Lipinski definition) is 4. The number of nitrogens with one attached hydrogen (secondary N) is 3. The van der Waals surface area contributed by atoms with Crippen molar-refractivity contribution < 1.29 is 31.2 Å². The molecule has 2 aromatic rings. The topological polar surface area (TPSA) is 104 Å². The first-order chi connectivity index (χ1) is 14.0. The van der Waals surface area contributed by atoms with Crippen molar-refractivity contribution >= 4 is 27.5 Å². The Balaban J connectivity index is 1.89. The third-order valence-electron chi connectivity index (χ3n) is 3.82. The molecule has 0 aromatic heterocycles. The highest BCUT2D eigenvalue weighted by molar-refractivity contribution is 7.89. The van der Waals surface area contributed by atoms with Gasteiger partial charge >= 0.3 is 6.18 Å². The molecule has 0 radical (unpaired) electrons. The summed E-state index contributed by atoms with van der Waals surface area (Å²) < 4.78 is 61.7. The van der Waals surface area contributed by atoms with Crippen LogP contribution in [0.5, 0.6) is 0 Å². The molecule has 0 saturated carbocycles. The van der Waals surface area contributed by atoms with Gasteiger partial charge in [0.05, 0.1) is 4.90 Å². The van der Waals surface area contributed by atoms with E-state index in [0.29, 0.717) is 5.56 Å². The minimum Gasteiger partial charge on any atom is -0.349 e. The molecule has 3 N–H and O–H groups in total. The van der Waals surface area contributed by atoms with Gasteiger partial charge in [0, 0.05) is 23.7 Å². The zero-order valence-electron chi connectivity index (χ0n) is 15.9. The number of anilines is 1. The molecule has 1 unspecified atom stereocenters. The fourth-order valence-electron chi connectivity index (χ4n) is 2.42. The van der Waals surface area contributed by atoms with Gasteiger partial charge < -0.3 is 10.6 Å². The first-order valence-electron chi connectivity index (χ1n) is 8.78. The van der Waals surface area contributed by atoms with E-state index in [0.717, 1.165) is 12.1 Å². The summed E-state index contributed by atoms with van der Waals surface area (Å²) in [6, 6.07) is 12.7. The van der Waals surface area contributed by atoms with E-state index in [1.165, 1.54) is 16.9 Å². The molecule has 30 heavy (non-hydrogen) atoms. The Morgan fingerprint density at radius 2 is 1.60 bits per heavy atom. The second-order valence-electron chi connectivity index (χ2n) is 6.46. The summed E-state index contributed by atoms with van der Waals surface area (Å²) in [5.41, 5.74) is 0.719. The number of halogens is 3. The fourth-order valence-corrected chi connectivity index (χ4v) is 3.43. The lowest BCUT2D eigenvalue weighted by Crippen LogP contribution is -2.35. The smallest absolute Gasteiger partial charge is 0.349 e. The number of sulfonamides is 1. The first-order valence-corrected chi connectivity index (χ1v) is 10.3. The Kier molecular flexibility index (Phi) is 7.57. The van der Waals surface area contributed by atoms with Gasteiger partial charge in [-0.3, -0.25) is 9.59 Å². The van der Waals surface area contributed by atoms with Crippen LogP contribution in [0.4, 0.5) is 18.9 Å². The number of amides is 2. The SMILES string of the molecule is CC(CC(=O)Nc1ccc(S(=O)(=O)NCC(F)(F)F)cc1)NC(=O)c1ccccc1. The summed E-state index contributed by atoms with van der Waals surface area (Å²) in [6.45, 7) is -0.0250. The van der Waals surface area contributed by atoms with E-state index in [2.05, 4.69) is 10.6 Å². The predicted octanol–water partition coefficient (Wildman–Crippen LogP) is 2.67. The molecule has 162 valence electrons.